The van der Waals surface area contributed by atoms with E-state index in [1.165, 1.54) is 11.1 Å². The van der Waals surface area contributed by atoms with Crippen molar-refractivity contribution in [2.24, 2.45) is 5.92 Å². The van der Waals surface area contributed by atoms with Crippen molar-refractivity contribution >= 4 is 5.91 Å². The van der Waals surface area contributed by atoms with Crippen molar-refractivity contribution in [3.05, 3.63) is 35.4 Å². The van der Waals surface area contributed by atoms with Gasteiger partial charge in [0.15, 0.2) is 0 Å². The number of hydrogen-bond acceptors (Lipinski definition) is 2. The summed E-state index contributed by atoms with van der Waals surface area (Å²) < 4.78 is 0. The smallest absolute Gasteiger partial charge is 0.223 e. The van der Waals surface area contributed by atoms with Crippen LogP contribution >= 0.6 is 0 Å². The van der Waals surface area contributed by atoms with Crippen molar-refractivity contribution in [3.63, 3.8) is 0 Å². The van der Waals surface area contributed by atoms with E-state index in [0.717, 1.165) is 19.4 Å². The van der Waals surface area contributed by atoms with Crippen LogP contribution in [0.1, 0.15) is 43.9 Å². The fourth-order valence-corrected chi connectivity index (χ4v) is 2.64. The Bertz CT molecular complexity index is 427. The van der Waals surface area contributed by atoms with Crippen LogP contribution in [0.15, 0.2) is 24.3 Å². The molecule has 3 heteroatoms. The van der Waals surface area contributed by atoms with Gasteiger partial charge in [-0.15, -0.1) is 0 Å². The zero-order valence-corrected chi connectivity index (χ0v) is 12.1. The molecule has 0 spiro atoms. The Morgan fingerprint density at radius 2 is 2.05 bits per heavy atom. The molecular weight excluding hydrogens is 236 g/mol. The fraction of sp³-hybridized carbons (Fsp3) is 0.562. The van der Waals surface area contributed by atoms with E-state index in [1.54, 1.807) is 0 Å². The maximum absolute atomic E-state index is 12.3. The van der Waals surface area contributed by atoms with E-state index in [9.17, 15) is 4.79 Å². The van der Waals surface area contributed by atoms with Gasteiger partial charge in [0, 0.05) is 12.0 Å². The van der Waals surface area contributed by atoms with Gasteiger partial charge in [0.1, 0.15) is 0 Å². The van der Waals surface area contributed by atoms with Crippen LogP contribution in [0.4, 0.5) is 0 Å². The van der Waals surface area contributed by atoms with Gasteiger partial charge in [-0.05, 0) is 45.7 Å². The first-order valence-electron chi connectivity index (χ1n) is 7.16. The predicted molar refractivity (Wildman–Crippen MR) is 77.9 cm³/mol. The first-order chi connectivity index (χ1) is 9.06. The molecule has 3 nitrogen and oxygen atoms in total. The van der Waals surface area contributed by atoms with E-state index in [2.05, 4.69) is 48.7 Å². The average molecular weight is 260 g/mol. The number of benzene rings is 1. The molecule has 3 atom stereocenters. The molecule has 0 aliphatic carbocycles. The highest BCUT2D eigenvalue weighted by Gasteiger charge is 2.25. The molecule has 1 fully saturated rings. The lowest BCUT2D eigenvalue weighted by Gasteiger charge is -2.28. The second-order valence-electron chi connectivity index (χ2n) is 5.72. The molecule has 2 N–H and O–H groups in total. The number of rotatable bonds is 3. The Labute approximate surface area is 115 Å². The van der Waals surface area contributed by atoms with Crippen molar-refractivity contribution in [1.29, 1.82) is 0 Å². The molecule has 3 unspecified atom stereocenters. The maximum atomic E-state index is 12.3. The topological polar surface area (TPSA) is 41.1 Å². The van der Waals surface area contributed by atoms with Crippen LogP contribution in [0, 0.1) is 12.8 Å². The van der Waals surface area contributed by atoms with Crippen LogP contribution in [-0.4, -0.2) is 18.5 Å². The molecule has 1 aromatic carbocycles. The van der Waals surface area contributed by atoms with E-state index in [0.29, 0.717) is 6.04 Å². The fourth-order valence-electron chi connectivity index (χ4n) is 2.64. The first kappa shape index (κ1) is 14.1. The summed E-state index contributed by atoms with van der Waals surface area (Å²) in [6.07, 6.45) is 1.88. The lowest BCUT2D eigenvalue weighted by molar-refractivity contribution is -0.126. The number of carbonyl (C=O) groups is 1. The summed E-state index contributed by atoms with van der Waals surface area (Å²) in [6, 6.07) is 8.88. The molecule has 0 bridgehead atoms. The van der Waals surface area contributed by atoms with Gasteiger partial charge < -0.3 is 10.6 Å². The molecule has 1 amide bonds. The summed E-state index contributed by atoms with van der Waals surface area (Å²) in [5.41, 5.74) is 2.41. The van der Waals surface area contributed by atoms with E-state index in [1.807, 2.05) is 6.92 Å². The van der Waals surface area contributed by atoms with Crippen LogP contribution in [0.25, 0.3) is 0 Å². The Hall–Kier alpha value is -1.35. The third-order valence-electron chi connectivity index (χ3n) is 3.93. The van der Waals surface area contributed by atoms with Gasteiger partial charge in [0.25, 0.3) is 0 Å². The number of amides is 1. The lowest BCUT2D eigenvalue weighted by Crippen LogP contribution is -2.42. The predicted octanol–water partition coefficient (Wildman–Crippen LogP) is 2.56. The summed E-state index contributed by atoms with van der Waals surface area (Å²) >= 11 is 0. The van der Waals surface area contributed by atoms with Gasteiger partial charge in [0.05, 0.1) is 6.04 Å². The number of aryl methyl sites for hydroxylation is 1. The molecule has 1 heterocycles. The molecule has 2 rings (SSSR count). The zero-order valence-electron chi connectivity index (χ0n) is 12.1. The summed E-state index contributed by atoms with van der Waals surface area (Å²) in [5, 5.41) is 6.52. The van der Waals surface area contributed by atoms with E-state index in [4.69, 9.17) is 0 Å². The molecule has 1 saturated heterocycles. The third-order valence-corrected chi connectivity index (χ3v) is 3.93. The quantitative estimate of drug-likeness (QED) is 0.877. The highest BCUT2D eigenvalue weighted by Crippen LogP contribution is 2.19. The third kappa shape index (κ3) is 3.80. The minimum Gasteiger partial charge on any atom is -0.349 e. The molecule has 19 heavy (non-hydrogen) atoms. The first-order valence-corrected chi connectivity index (χ1v) is 7.16. The van der Waals surface area contributed by atoms with Gasteiger partial charge in [-0.1, -0.05) is 29.8 Å². The molecule has 104 valence electrons. The van der Waals surface area contributed by atoms with Crippen LogP contribution in [0.5, 0.6) is 0 Å². The normalized spacial score (nSPS) is 24.8. The molecular formula is C16H24N2O. The summed E-state index contributed by atoms with van der Waals surface area (Å²) in [7, 11) is 0. The number of carbonyl (C=O) groups excluding carboxylic acids is 1. The van der Waals surface area contributed by atoms with Crippen LogP contribution < -0.4 is 10.6 Å². The Kier molecular flexibility index (Phi) is 4.59. The molecule has 0 aromatic heterocycles. The van der Waals surface area contributed by atoms with Gasteiger partial charge in [-0.2, -0.15) is 0 Å². The Morgan fingerprint density at radius 3 is 2.68 bits per heavy atom. The number of piperidine rings is 1. The van der Waals surface area contributed by atoms with Crippen molar-refractivity contribution in [3.8, 4) is 0 Å². The maximum Gasteiger partial charge on any atom is 0.223 e. The highest BCUT2D eigenvalue weighted by atomic mass is 16.1. The Morgan fingerprint density at radius 1 is 1.37 bits per heavy atom. The number of nitrogens with one attached hydrogen (secondary N) is 2. The second-order valence-corrected chi connectivity index (χ2v) is 5.72. The monoisotopic (exact) mass is 260 g/mol. The van der Waals surface area contributed by atoms with E-state index in [-0.39, 0.29) is 17.9 Å². The van der Waals surface area contributed by atoms with Crippen LogP contribution in [-0.2, 0) is 4.79 Å². The molecule has 0 radical (unpaired) electrons. The zero-order chi connectivity index (χ0) is 13.8. The van der Waals surface area contributed by atoms with E-state index >= 15 is 0 Å². The van der Waals surface area contributed by atoms with Gasteiger partial charge in [0.2, 0.25) is 5.91 Å². The summed E-state index contributed by atoms with van der Waals surface area (Å²) in [4.78, 5) is 12.3. The van der Waals surface area contributed by atoms with E-state index < -0.39 is 0 Å². The minimum absolute atomic E-state index is 0.0818. The van der Waals surface area contributed by atoms with Gasteiger partial charge in [-0.3, -0.25) is 4.79 Å². The average Bonchev–Trinajstić information content (AvgIpc) is 2.39. The Balaban J connectivity index is 1.92. The molecule has 0 saturated carbocycles. The van der Waals surface area contributed by atoms with Gasteiger partial charge in [-0.25, -0.2) is 0 Å². The summed E-state index contributed by atoms with van der Waals surface area (Å²) in [6.45, 7) is 7.21. The molecule has 1 aliphatic heterocycles. The van der Waals surface area contributed by atoms with Crippen molar-refractivity contribution < 1.29 is 4.79 Å². The molecule has 1 aliphatic rings. The van der Waals surface area contributed by atoms with Crippen LogP contribution in [0.3, 0.4) is 0 Å². The standard InChI is InChI=1S/C16H24N2O/c1-11-4-6-14(7-5-11)13(3)18-16(19)15-8-9-17-12(2)10-15/h4-7,12-13,15,17H,8-10H2,1-3H3,(H,18,19). The summed E-state index contributed by atoms with van der Waals surface area (Å²) in [5.74, 6) is 0.352. The molecule has 1 aromatic rings. The van der Waals surface area contributed by atoms with Crippen LogP contribution in [0.2, 0.25) is 0 Å². The van der Waals surface area contributed by atoms with Gasteiger partial charge >= 0.3 is 0 Å². The van der Waals surface area contributed by atoms with Crippen molar-refractivity contribution in [2.75, 3.05) is 6.54 Å². The minimum atomic E-state index is 0.0818. The lowest BCUT2D eigenvalue weighted by atomic mass is 9.92. The largest absolute Gasteiger partial charge is 0.349 e. The second kappa shape index (κ2) is 6.20. The van der Waals surface area contributed by atoms with Crippen molar-refractivity contribution in [2.45, 2.75) is 45.7 Å². The highest BCUT2D eigenvalue weighted by molar-refractivity contribution is 5.79. The number of hydrogen-bond donors (Lipinski definition) is 2. The van der Waals surface area contributed by atoms with Crippen molar-refractivity contribution in [1.82, 2.24) is 10.6 Å². The SMILES string of the molecule is Cc1ccc(C(C)NC(=O)C2CCNC(C)C2)cc1.